The van der Waals surface area contributed by atoms with Crippen LogP contribution >= 0.6 is 0 Å². The molecule has 0 radical (unpaired) electrons. The smallest absolute Gasteiger partial charge is 0.330 e. The minimum atomic E-state index is -0.272. The lowest BCUT2D eigenvalue weighted by Crippen LogP contribution is -2.24. The Morgan fingerprint density at radius 3 is 2.48 bits per heavy atom. The molecule has 3 heteroatoms. The fourth-order valence-electron chi connectivity index (χ4n) is 2.08. The number of ether oxygens (including phenoxy) is 2. The Bertz CT molecular complexity index is 353. The maximum atomic E-state index is 11.3. The highest BCUT2D eigenvalue weighted by atomic mass is 16.5. The highest BCUT2D eigenvalue weighted by molar-refractivity contribution is 5.83. The number of carbonyl (C=O) groups excluding carboxylic acids is 1. The third-order valence-corrected chi connectivity index (χ3v) is 3.33. The zero-order valence-corrected chi connectivity index (χ0v) is 14.6. The molecule has 122 valence electrons. The molecular formula is C18H32O3. The average molecular weight is 296 g/mol. The van der Waals surface area contributed by atoms with Gasteiger partial charge in [-0.3, -0.25) is 0 Å². The van der Waals surface area contributed by atoms with E-state index >= 15 is 0 Å². The van der Waals surface area contributed by atoms with Gasteiger partial charge in [-0.15, -0.1) is 0 Å². The van der Waals surface area contributed by atoms with Gasteiger partial charge in [-0.05, 0) is 65.4 Å². The number of carbonyl (C=O) groups is 1. The highest BCUT2D eigenvalue weighted by Gasteiger charge is 2.18. The number of hydrogen-bond acceptors (Lipinski definition) is 3. The Labute approximate surface area is 130 Å². The molecule has 0 aromatic carbocycles. The highest BCUT2D eigenvalue weighted by Crippen LogP contribution is 2.21. The minimum absolute atomic E-state index is 0.0353. The Hall–Kier alpha value is -1.09. The molecule has 0 aromatic heterocycles. The van der Waals surface area contributed by atoms with Crippen molar-refractivity contribution in [2.45, 2.75) is 66.4 Å². The summed E-state index contributed by atoms with van der Waals surface area (Å²) in [7, 11) is 0. The fourth-order valence-corrected chi connectivity index (χ4v) is 2.08. The van der Waals surface area contributed by atoms with Crippen molar-refractivity contribution in [3.63, 3.8) is 0 Å². The lowest BCUT2D eigenvalue weighted by Gasteiger charge is -2.25. The molecule has 0 N–H and O–H groups in total. The molecule has 0 amide bonds. The van der Waals surface area contributed by atoms with Gasteiger partial charge in [0.1, 0.15) is 0 Å². The summed E-state index contributed by atoms with van der Waals surface area (Å²) in [4.78, 5) is 11.3. The predicted octanol–water partition coefficient (Wildman–Crippen LogP) is 4.67. The second-order valence-corrected chi connectivity index (χ2v) is 6.12. The Morgan fingerprint density at radius 1 is 1.24 bits per heavy atom. The second kappa shape index (κ2) is 10.6. The summed E-state index contributed by atoms with van der Waals surface area (Å²) >= 11 is 0. The third-order valence-electron chi connectivity index (χ3n) is 3.33. The molecule has 0 aliphatic heterocycles. The van der Waals surface area contributed by atoms with Crippen LogP contribution in [-0.2, 0) is 14.3 Å². The maximum absolute atomic E-state index is 11.3. The lowest BCUT2D eigenvalue weighted by atomic mass is 9.93. The van der Waals surface area contributed by atoms with Gasteiger partial charge in [-0.1, -0.05) is 19.1 Å². The van der Waals surface area contributed by atoms with Gasteiger partial charge in [-0.2, -0.15) is 0 Å². The van der Waals surface area contributed by atoms with Crippen LogP contribution in [0, 0.1) is 5.92 Å². The molecule has 0 aromatic rings. The largest absolute Gasteiger partial charge is 0.463 e. The molecule has 0 spiro atoms. The van der Waals surface area contributed by atoms with Gasteiger partial charge in [0.2, 0.25) is 0 Å². The monoisotopic (exact) mass is 296 g/mol. The van der Waals surface area contributed by atoms with Crippen LogP contribution in [0.15, 0.2) is 23.8 Å². The van der Waals surface area contributed by atoms with E-state index in [0.717, 1.165) is 31.4 Å². The Balaban J connectivity index is 4.09. The average Bonchev–Trinajstić information content (AvgIpc) is 2.36. The van der Waals surface area contributed by atoms with E-state index in [-0.39, 0.29) is 11.6 Å². The van der Waals surface area contributed by atoms with Gasteiger partial charge in [-0.25, -0.2) is 4.79 Å². The van der Waals surface area contributed by atoms with Crippen LogP contribution < -0.4 is 0 Å². The van der Waals surface area contributed by atoms with Crippen molar-refractivity contribution in [3.8, 4) is 0 Å². The van der Waals surface area contributed by atoms with Crippen molar-refractivity contribution in [3.05, 3.63) is 23.8 Å². The van der Waals surface area contributed by atoms with E-state index in [4.69, 9.17) is 9.47 Å². The molecular weight excluding hydrogens is 264 g/mol. The summed E-state index contributed by atoms with van der Waals surface area (Å²) in [5, 5.41) is 0. The molecule has 0 heterocycles. The molecule has 0 aliphatic rings. The molecule has 0 fully saturated rings. The van der Waals surface area contributed by atoms with Crippen molar-refractivity contribution in [1.82, 2.24) is 0 Å². The summed E-state index contributed by atoms with van der Waals surface area (Å²) in [5.74, 6) is 0.336. The molecule has 0 rings (SSSR count). The van der Waals surface area contributed by atoms with Crippen LogP contribution in [0.3, 0.4) is 0 Å². The van der Waals surface area contributed by atoms with E-state index in [9.17, 15) is 4.79 Å². The second-order valence-electron chi connectivity index (χ2n) is 6.12. The van der Waals surface area contributed by atoms with E-state index in [2.05, 4.69) is 26.8 Å². The molecule has 1 atom stereocenters. The molecule has 0 saturated heterocycles. The SMILES string of the molecule is CCOC(=O)C=C(C)C=CCC(C)CCC(C)(C)OCC. The zero-order valence-electron chi connectivity index (χ0n) is 14.6. The van der Waals surface area contributed by atoms with E-state index in [1.54, 1.807) is 0 Å². The Kier molecular flexibility index (Phi) is 10.1. The minimum Gasteiger partial charge on any atom is -0.463 e. The summed E-state index contributed by atoms with van der Waals surface area (Å²) < 4.78 is 10.6. The first-order valence-corrected chi connectivity index (χ1v) is 7.96. The zero-order chi connectivity index (χ0) is 16.3. The van der Waals surface area contributed by atoms with E-state index in [1.165, 1.54) is 6.08 Å². The van der Waals surface area contributed by atoms with E-state index in [1.807, 2.05) is 26.8 Å². The first-order chi connectivity index (χ1) is 9.80. The van der Waals surface area contributed by atoms with E-state index < -0.39 is 0 Å². The normalized spacial score (nSPS) is 14.5. The van der Waals surface area contributed by atoms with Gasteiger partial charge < -0.3 is 9.47 Å². The summed E-state index contributed by atoms with van der Waals surface area (Å²) in [6.07, 6.45) is 8.86. The van der Waals surface area contributed by atoms with Crippen molar-refractivity contribution >= 4 is 5.97 Å². The third kappa shape index (κ3) is 11.3. The first-order valence-electron chi connectivity index (χ1n) is 7.96. The molecule has 3 nitrogen and oxygen atoms in total. The maximum Gasteiger partial charge on any atom is 0.330 e. The van der Waals surface area contributed by atoms with Gasteiger partial charge in [0.25, 0.3) is 0 Å². The van der Waals surface area contributed by atoms with E-state index in [0.29, 0.717) is 12.5 Å². The van der Waals surface area contributed by atoms with Crippen molar-refractivity contribution in [2.24, 2.45) is 5.92 Å². The molecule has 0 saturated carbocycles. The molecule has 0 aliphatic carbocycles. The number of hydrogen-bond donors (Lipinski definition) is 0. The fraction of sp³-hybridized carbons (Fsp3) is 0.722. The first kappa shape index (κ1) is 19.9. The van der Waals surface area contributed by atoms with Crippen LogP contribution in [0.2, 0.25) is 0 Å². The predicted molar refractivity (Wildman–Crippen MR) is 88.3 cm³/mol. The summed E-state index contributed by atoms with van der Waals surface area (Å²) in [6, 6.07) is 0. The lowest BCUT2D eigenvalue weighted by molar-refractivity contribution is -0.137. The molecule has 0 bridgehead atoms. The van der Waals surface area contributed by atoms with Crippen LogP contribution in [0.5, 0.6) is 0 Å². The van der Waals surface area contributed by atoms with Gasteiger partial charge in [0.05, 0.1) is 12.2 Å². The molecule has 21 heavy (non-hydrogen) atoms. The van der Waals surface area contributed by atoms with Gasteiger partial charge in [0, 0.05) is 12.7 Å². The standard InChI is InChI=1S/C18H32O3/c1-7-20-17(19)14-16(4)11-9-10-15(3)12-13-18(5,6)21-8-2/h9,11,14-15H,7-8,10,12-13H2,1-6H3. The van der Waals surface area contributed by atoms with Crippen LogP contribution in [-0.4, -0.2) is 24.8 Å². The summed E-state index contributed by atoms with van der Waals surface area (Å²) in [5.41, 5.74) is 0.891. The topological polar surface area (TPSA) is 35.5 Å². The number of allylic oxidation sites excluding steroid dienone is 3. The van der Waals surface area contributed by atoms with Crippen LogP contribution in [0.4, 0.5) is 0 Å². The van der Waals surface area contributed by atoms with Gasteiger partial charge >= 0.3 is 5.97 Å². The Morgan fingerprint density at radius 2 is 1.90 bits per heavy atom. The van der Waals surface area contributed by atoms with Gasteiger partial charge in [0.15, 0.2) is 0 Å². The van der Waals surface area contributed by atoms with Crippen molar-refractivity contribution < 1.29 is 14.3 Å². The van der Waals surface area contributed by atoms with Crippen LogP contribution in [0.25, 0.3) is 0 Å². The number of esters is 1. The number of rotatable bonds is 10. The van der Waals surface area contributed by atoms with Crippen molar-refractivity contribution in [2.75, 3.05) is 13.2 Å². The van der Waals surface area contributed by atoms with Crippen LogP contribution in [0.1, 0.15) is 60.8 Å². The molecule has 1 unspecified atom stereocenters. The summed E-state index contributed by atoms with van der Waals surface area (Å²) in [6.45, 7) is 13.5. The quantitative estimate of drug-likeness (QED) is 0.334. The van der Waals surface area contributed by atoms with Crippen molar-refractivity contribution in [1.29, 1.82) is 0 Å².